The van der Waals surface area contributed by atoms with E-state index >= 15 is 0 Å². The molecule has 1 aromatic heterocycles. The van der Waals surface area contributed by atoms with Gasteiger partial charge in [-0.25, -0.2) is 9.97 Å². The predicted octanol–water partition coefficient (Wildman–Crippen LogP) is 3.74. The zero-order valence-electron chi connectivity index (χ0n) is 15.3. The Bertz CT molecular complexity index is 829. The molecule has 26 heavy (non-hydrogen) atoms. The standard InChI is InChI=1S/C19H22N4O2S/c1-24-15-8-7-13(11-16(15)25-2)17-14(12-20)18(22-19(21-17)26-3)23-9-5-4-6-10-23/h7-8,11H,4-6,9-10H2,1-3H3. The van der Waals surface area contributed by atoms with Crippen LogP contribution in [0.15, 0.2) is 23.4 Å². The number of nitriles is 1. The van der Waals surface area contributed by atoms with Crippen molar-refractivity contribution in [2.45, 2.75) is 24.4 Å². The van der Waals surface area contributed by atoms with Crippen molar-refractivity contribution in [1.29, 1.82) is 5.26 Å². The molecular weight excluding hydrogens is 348 g/mol. The highest BCUT2D eigenvalue weighted by molar-refractivity contribution is 7.98. The summed E-state index contributed by atoms with van der Waals surface area (Å²) in [6.07, 6.45) is 5.41. The number of nitrogens with zero attached hydrogens (tertiary/aromatic N) is 4. The highest BCUT2D eigenvalue weighted by atomic mass is 32.2. The molecule has 0 aliphatic carbocycles. The number of thioether (sulfide) groups is 1. The van der Waals surface area contributed by atoms with Gasteiger partial charge in [-0.2, -0.15) is 5.26 Å². The summed E-state index contributed by atoms with van der Waals surface area (Å²) in [5.41, 5.74) is 1.96. The molecule has 3 rings (SSSR count). The maximum atomic E-state index is 9.86. The summed E-state index contributed by atoms with van der Waals surface area (Å²) in [5, 5.41) is 10.5. The zero-order chi connectivity index (χ0) is 18.5. The molecule has 0 N–H and O–H groups in total. The third-order valence-electron chi connectivity index (χ3n) is 4.48. The average Bonchev–Trinajstić information content (AvgIpc) is 2.72. The number of rotatable bonds is 5. The minimum atomic E-state index is 0.511. The topological polar surface area (TPSA) is 71.3 Å². The van der Waals surface area contributed by atoms with Crippen LogP contribution in [0.5, 0.6) is 11.5 Å². The van der Waals surface area contributed by atoms with Crippen LogP contribution in [0.1, 0.15) is 24.8 Å². The fourth-order valence-corrected chi connectivity index (χ4v) is 3.51. The second-order valence-electron chi connectivity index (χ2n) is 5.99. The quantitative estimate of drug-likeness (QED) is 0.586. The van der Waals surface area contributed by atoms with Crippen LogP contribution in [0.4, 0.5) is 5.82 Å². The van der Waals surface area contributed by atoms with Crippen molar-refractivity contribution in [3.63, 3.8) is 0 Å². The fourth-order valence-electron chi connectivity index (χ4n) is 3.15. The summed E-state index contributed by atoms with van der Waals surface area (Å²) in [7, 11) is 3.20. The van der Waals surface area contributed by atoms with Gasteiger partial charge in [-0.15, -0.1) is 0 Å². The SMILES string of the molecule is COc1ccc(-c2nc(SC)nc(N3CCCCC3)c2C#N)cc1OC. The number of ether oxygens (including phenoxy) is 2. The number of piperidine rings is 1. The maximum Gasteiger partial charge on any atom is 0.189 e. The van der Waals surface area contributed by atoms with Gasteiger partial charge in [0.25, 0.3) is 0 Å². The van der Waals surface area contributed by atoms with E-state index in [2.05, 4.69) is 20.9 Å². The number of aromatic nitrogens is 2. The van der Waals surface area contributed by atoms with E-state index < -0.39 is 0 Å². The van der Waals surface area contributed by atoms with Gasteiger partial charge in [-0.05, 0) is 43.7 Å². The molecule has 136 valence electrons. The van der Waals surface area contributed by atoms with Crippen molar-refractivity contribution in [3.05, 3.63) is 23.8 Å². The molecule has 7 heteroatoms. The molecule has 0 radical (unpaired) electrons. The summed E-state index contributed by atoms with van der Waals surface area (Å²) in [5.74, 6) is 1.99. The molecule has 1 aliphatic rings. The van der Waals surface area contributed by atoms with Gasteiger partial charge in [-0.3, -0.25) is 0 Å². The second kappa shape index (κ2) is 8.28. The summed E-state index contributed by atoms with van der Waals surface area (Å²) in [6.45, 7) is 1.84. The first-order valence-electron chi connectivity index (χ1n) is 8.55. The van der Waals surface area contributed by atoms with Crippen LogP contribution in [-0.4, -0.2) is 43.5 Å². The van der Waals surface area contributed by atoms with E-state index in [1.807, 2.05) is 24.5 Å². The summed E-state index contributed by atoms with van der Waals surface area (Å²) in [4.78, 5) is 11.5. The Balaban J connectivity index is 2.16. The number of benzene rings is 1. The highest BCUT2D eigenvalue weighted by Crippen LogP contribution is 2.36. The lowest BCUT2D eigenvalue weighted by atomic mass is 10.0. The first-order chi connectivity index (χ1) is 12.7. The molecule has 0 atom stereocenters. The van der Waals surface area contributed by atoms with Gasteiger partial charge in [0.05, 0.1) is 19.9 Å². The minimum Gasteiger partial charge on any atom is -0.493 e. The van der Waals surface area contributed by atoms with Gasteiger partial charge in [-0.1, -0.05) is 11.8 Å². The van der Waals surface area contributed by atoms with Crippen molar-refractivity contribution in [2.24, 2.45) is 0 Å². The molecular formula is C19H22N4O2S. The lowest BCUT2D eigenvalue weighted by molar-refractivity contribution is 0.355. The largest absolute Gasteiger partial charge is 0.493 e. The lowest BCUT2D eigenvalue weighted by Gasteiger charge is -2.29. The van der Waals surface area contributed by atoms with Crippen LogP contribution in [0.2, 0.25) is 0 Å². The normalized spacial score (nSPS) is 14.0. The minimum absolute atomic E-state index is 0.511. The van der Waals surface area contributed by atoms with Crippen LogP contribution in [-0.2, 0) is 0 Å². The van der Waals surface area contributed by atoms with E-state index in [0.717, 1.165) is 37.3 Å². The molecule has 6 nitrogen and oxygen atoms in total. The molecule has 2 aromatic rings. The predicted molar refractivity (Wildman–Crippen MR) is 103 cm³/mol. The van der Waals surface area contributed by atoms with Crippen LogP contribution >= 0.6 is 11.8 Å². The molecule has 1 saturated heterocycles. The van der Waals surface area contributed by atoms with E-state index in [9.17, 15) is 5.26 Å². The monoisotopic (exact) mass is 370 g/mol. The fraction of sp³-hybridized carbons (Fsp3) is 0.421. The molecule has 1 aliphatic heterocycles. The van der Waals surface area contributed by atoms with Crippen molar-refractivity contribution in [2.75, 3.05) is 38.5 Å². The molecule has 0 amide bonds. The molecule has 2 heterocycles. The van der Waals surface area contributed by atoms with E-state index in [-0.39, 0.29) is 0 Å². The van der Waals surface area contributed by atoms with Crippen LogP contribution in [0.25, 0.3) is 11.3 Å². The summed E-state index contributed by atoms with van der Waals surface area (Å²) in [6, 6.07) is 7.91. The van der Waals surface area contributed by atoms with Crippen molar-refractivity contribution >= 4 is 17.6 Å². The van der Waals surface area contributed by atoms with Gasteiger partial charge in [0, 0.05) is 18.7 Å². The average molecular weight is 370 g/mol. The van der Waals surface area contributed by atoms with Crippen LogP contribution in [0, 0.1) is 11.3 Å². The van der Waals surface area contributed by atoms with Crippen molar-refractivity contribution in [1.82, 2.24) is 9.97 Å². The first kappa shape index (κ1) is 18.3. The third kappa shape index (κ3) is 3.56. The Hall–Kier alpha value is -2.46. The Morgan fingerprint density at radius 3 is 2.42 bits per heavy atom. The molecule has 0 spiro atoms. The molecule has 1 aromatic carbocycles. The highest BCUT2D eigenvalue weighted by Gasteiger charge is 2.22. The lowest BCUT2D eigenvalue weighted by Crippen LogP contribution is -2.31. The first-order valence-corrected chi connectivity index (χ1v) is 9.77. The molecule has 1 fully saturated rings. The Morgan fingerprint density at radius 2 is 1.81 bits per heavy atom. The summed E-state index contributed by atoms with van der Waals surface area (Å²) >= 11 is 1.48. The number of hydrogen-bond donors (Lipinski definition) is 0. The van der Waals surface area contributed by atoms with Gasteiger partial charge in [0.2, 0.25) is 0 Å². The Labute approximate surface area is 158 Å². The smallest absolute Gasteiger partial charge is 0.189 e. The van der Waals surface area contributed by atoms with Gasteiger partial charge < -0.3 is 14.4 Å². The number of hydrogen-bond acceptors (Lipinski definition) is 7. The van der Waals surface area contributed by atoms with Gasteiger partial charge in [0.1, 0.15) is 11.6 Å². The van der Waals surface area contributed by atoms with Gasteiger partial charge in [0.15, 0.2) is 22.5 Å². The number of methoxy groups -OCH3 is 2. The zero-order valence-corrected chi connectivity index (χ0v) is 16.1. The van der Waals surface area contributed by atoms with Crippen LogP contribution in [0.3, 0.4) is 0 Å². The van der Waals surface area contributed by atoms with Gasteiger partial charge >= 0.3 is 0 Å². The van der Waals surface area contributed by atoms with E-state index in [1.165, 1.54) is 18.2 Å². The molecule has 0 saturated carbocycles. The second-order valence-corrected chi connectivity index (χ2v) is 6.76. The Morgan fingerprint density at radius 1 is 1.08 bits per heavy atom. The third-order valence-corrected chi connectivity index (χ3v) is 5.02. The Kier molecular flexibility index (Phi) is 5.84. The van der Waals surface area contributed by atoms with Crippen molar-refractivity contribution in [3.8, 4) is 28.8 Å². The molecule has 0 unspecified atom stereocenters. The molecule has 0 bridgehead atoms. The van der Waals surface area contributed by atoms with E-state index in [0.29, 0.717) is 27.9 Å². The maximum absolute atomic E-state index is 9.86. The van der Waals surface area contributed by atoms with E-state index in [4.69, 9.17) is 9.47 Å². The van der Waals surface area contributed by atoms with E-state index in [1.54, 1.807) is 14.2 Å². The summed E-state index contributed by atoms with van der Waals surface area (Å²) < 4.78 is 10.7. The van der Waals surface area contributed by atoms with Crippen molar-refractivity contribution < 1.29 is 9.47 Å². The van der Waals surface area contributed by atoms with Crippen LogP contribution < -0.4 is 14.4 Å². The number of anilines is 1.